The van der Waals surface area contributed by atoms with Crippen LogP contribution in [-0.4, -0.2) is 40.9 Å². The number of hydrogen-bond acceptors (Lipinski definition) is 8. The Morgan fingerprint density at radius 3 is 2.17 bits per heavy atom. The van der Waals surface area contributed by atoms with Crippen molar-refractivity contribution in [1.82, 2.24) is 9.78 Å². The molecule has 10 nitrogen and oxygen atoms in total. The van der Waals surface area contributed by atoms with Crippen molar-refractivity contribution < 1.29 is 28.7 Å². The quantitative estimate of drug-likeness (QED) is 0.213. The minimum atomic E-state index is -0.760. The van der Waals surface area contributed by atoms with Crippen molar-refractivity contribution in [3.8, 4) is 28.4 Å². The first-order valence-electron chi connectivity index (χ1n) is 10.3. The Kier molecular flexibility index (Phi) is 6.54. The van der Waals surface area contributed by atoms with E-state index in [0.717, 1.165) is 0 Å². The van der Waals surface area contributed by atoms with Crippen LogP contribution in [0.5, 0.6) is 11.5 Å². The van der Waals surface area contributed by atoms with E-state index < -0.39 is 16.9 Å². The lowest BCUT2D eigenvalue weighted by atomic mass is 10.1. The van der Waals surface area contributed by atoms with Crippen LogP contribution in [-0.2, 0) is 9.47 Å². The number of ether oxygens (including phenoxy) is 3. The lowest BCUT2D eigenvalue weighted by Crippen LogP contribution is -2.15. The van der Waals surface area contributed by atoms with Gasteiger partial charge in [-0.1, -0.05) is 30.3 Å². The molecule has 10 heteroatoms. The standard InChI is InChI=1S/C25H19N3O7/c1-33-24(29)21-22(26-27(23(21)25(30)34-2)17-8-4-3-5-9-17)16-7-6-10-20(15-16)35-19-13-11-18(12-14-19)28(31)32/h3-15H,1-2H3. The van der Waals surface area contributed by atoms with Gasteiger partial charge in [0.15, 0.2) is 5.69 Å². The van der Waals surface area contributed by atoms with Crippen LogP contribution < -0.4 is 4.74 Å². The Morgan fingerprint density at radius 1 is 0.857 bits per heavy atom. The maximum absolute atomic E-state index is 12.8. The summed E-state index contributed by atoms with van der Waals surface area (Å²) in [5.41, 5.74) is 1.01. The largest absolute Gasteiger partial charge is 0.465 e. The molecule has 0 amide bonds. The van der Waals surface area contributed by atoms with Gasteiger partial charge in [-0.15, -0.1) is 0 Å². The summed E-state index contributed by atoms with van der Waals surface area (Å²) >= 11 is 0. The third-order valence-electron chi connectivity index (χ3n) is 5.05. The molecule has 0 spiro atoms. The SMILES string of the molecule is COC(=O)c1c(-c2cccc(Oc3ccc([N+](=O)[O-])cc3)c2)nn(-c2ccccc2)c1C(=O)OC. The number of esters is 2. The zero-order valence-electron chi connectivity index (χ0n) is 18.7. The second-order valence-corrected chi connectivity index (χ2v) is 7.18. The number of methoxy groups -OCH3 is 2. The number of benzene rings is 3. The summed E-state index contributed by atoms with van der Waals surface area (Å²) in [5.74, 6) is -0.748. The highest BCUT2D eigenvalue weighted by molar-refractivity contribution is 6.06. The van der Waals surface area contributed by atoms with Crippen LogP contribution in [0.15, 0.2) is 78.9 Å². The molecule has 0 saturated heterocycles. The molecule has 1 heterocycles. The number of carbonyl (C=O) groups is 2. The molecule has 0 bridgehead atoms. The van der Waals surface area contributed by atoms with Crippen molar-refractivity contribution in [3.63, 3.8) is 0 Å². The predicted molar refractivity (Wildman–Crippen MR) is 125 cm³/mol. The van der Waals surface area contributed by atoms with Gasteiger partial charge < -0.3 is 14.2 Å². The molecule has 0 aliphatic carbocycles. The van der Waals surface area contributed by atoms with Gasteiger partial charge in [0.05, 0.1) is 24.8 Å². The number of hydrogen-bond donors (Lipinski definition) is 0. The van der Waals surface area contributed by atoms with E-state index in [4.69, 9.17) is 14.2 Å². The first-order valence-corrected chi connectivity index (χ1v) is 10.3. The third kappa shape index (κ3) is 4.71. The summed E-state index contributed by atoms with van der Waals surface area (Å²) < 4.78 is 17.0. The van der Waals surface area contributed by atoms with Crippen LogP contribution in [0, 0.1) is 10.1 Å². The first kappa shape index (κ1) is 23.2. The highest BCUT2D eigenvalue weighted by Crippen LogP contribution is 2.32. The molecule has 0 N–H and O–H groups in total. The zero-order chi connectivity index (χ0) is 24.9. The molecule has 0 atom stereocenters. The molecule has 35 heavy (non-hydrogen) atoms. The summed E-state index contributed by atoms with van der Waals surface area (Å²) in [6.07, 6.45) is 0. The Morgan fingerprint density at radius 2 is 1.54 bits per heavy atom. The van der Waals surface area contributed by atoms with Crippen LogP contribution in [0.25, 0.3) is 16.9 Å². The van der Waals surface area contributed by atoms with Crippen LogP contribution in [0.2, 0.25) is 0 Å². The zero-order valence-corrected chi connectivity index (χ0v) is 18.7. The number of nitrogens with zero attached hydrogens (tertiary/aromatic N) is 3. The molecule has 4 aromatic rings. The van der Waals surface area contributed by atoms with Gasteiger partial charge in [-0.25, -0.2) is 14.3 Å². The van der Waals surface area contributed by atoms with Crippen LogP contribution in [0.1, 0.15) is 20.8 Å². The summed E-state index contributed by atoms with van der Waals surface area (Å²) in [6.45, 7) is 0. The van der Waals surface area contributed by atoms with Gasteiger partial charge in [0.2, 0.25) is 0 Å². The van der Waals surface area contributed by atoms with E-state index in [0.29, 0.717) is 22.7 Å². The Bertz CT molecular complexity index is 1400. The fourth-order valence-electron chi connectivity index (χ4n) is 3.44. The van der Waals surface area contributed by atoms with Crippen molar-refractivity contribution in [2.24, 2.45) is 0 Å². The number of para-hydroxylation sites is 1. The Labute approximate surface area is 199 Å². The van der Waals surface area contributed by atoms with E-state index in [9.17, 15) is 19.7 Å². The molecule has 0 fully saturated rings. The highest BCUT2D eigenvalue weighted by Gasteiger charge is 2.31. The van der Waals surface area contributed by atoms with Crippen LogP contribution in [0.4, 0.5) is 5.69 Å². The maximum Gasteiger partial charge on any atom is 0.357 e. The fourth-order valence-corrected chi connectivity index (χ4v) is 3.44. The average Bonchev–Trinajstić information content (AvgIpc) is 3.29. The monoisotopic (exact) mass is 473 g/mol. The second-order valence-electron chi connectivity index (χ2n) is 7.18. The van der Waals surface area contributed by atoms with E-state index >= 15 is 0 Å². The van der Waals surface area contributed by atoms with Crippen molar-refractivity contribution in [2.45, 2.75) is 0 Å². The summed E-state index contributed by atoms with van der Waals surface area (Å²) in [5, 5.41) is 15.4. The van der Waals surface area contributed by atoms with Crippen molar-refractivity contribution in [3.05, 3.63) is 100 Å². The van der Waals surface area contributed by atoms with E-state index in [1.165, 1.54) is 43.2 Å². The summed E-state index contributed by atoms with van der Waals surface area (Å²) in [6, 6.07) is 21.1. The molecule has 0 unspecified atom stereocenters. The lowest BCUT2D eigenvalue weighted by Gasteiger charge is -2.08. The summed E-state index contributed by atoms with van der Waals surface area (Å²) in [7, 11) is 2.42. The van der Waals surface area contributed by atoms with Crippen molar-refractivity contribution in [1.29, 1.82) is 0 Å². The average molecular weight is 473 g/mol. The van der Waals surface area contributed by atoms with Gasteiger partial charge in [-0.3, -0.25) is 10.1 Å². The van der Waals surface area contributed by atoms with Gasteiger partial charge in [-0.05, 0) is 36.4 Å². The fraction of sp³-hybridized carbons (Fsp3) is 0.0800. The predicted octanol–water partition coefficient (Wildman–Crippen LogP) is 4.81. The number of aromatic nitrogens is 2. The molecule has 176 valence electrons. The normalized spacial score (nSPS) is 10.5. The molecule has 4 rings (SSSR count). The van der Waals surface area contributed by atoms with Gasteiger partial charge in [0.25, 0.3) is 5.69 Å². The van der Waals surface area contributed by atoms with Crippen molar-refractivity contribution >= 4 is 17.6 Å². The number of carbonyl (C=O) groups excluding carboxylic acids is 2. The van der Waals surface area contributed by atoms with Crippen LogP contribution in [0.3, 0.4) is 0 Å². The van der Waals surface area contributed by atoms with Gasteiger partial charge in [0, 0.05) is 17.7 Å². The molecule has 0 aliphatic heterocycles. The number of rotatable bonds is 7. The molecular formula is C25H19N3O7. The number of nitro groups is 1. The molecule has 0 saturated carbocycles. The minimum Gasteiger partial charge on any atom is -0.465 e. The molecule has 1 aromatic heterocycles. The Balaban J connectivity index is 1.82. The van der Waals surface area contributed by atoms with Crippen molar-refractivity contribution in [2.75, 3.05) is 14.2 Å². The highest BCUT2D eigenvalue weighted by atomic mass is 16.6. The minimum absolute atomic E-state index is 0.0595. The smallest absolute Gasteiger partial charge is 0.357 e. The molecular weight excluding hydrogens is 454 g/mol. The van der Waals surface area contributed by atoms with Crippen LogP contribution >= 0.6 is 0 Å². The number of nitro benzene ring substituents is 1. The van der Waals surface area contributed by atoms with Gasteiger partial charge in [-0.2, -0.15) is 5.10 Å². The van der Waals surface area contributed by atoms with E-state index in [1.54, 1.807) is 48.5 Å². The first-order chi connectivity index (χ1) is 16.9. The number of non-ortho nitro benzene ring substituents is 1. The molecule has 0 aliphatic rings. The lowest BCUT2D eigenvalue weighted by molar-refractivity contribution is -0.384. The summed E-state index contributed by atoms with van der Waals surface area (Å²) in [4.78, 5) is 35.9. The van der Waals surface area contributed by atoms with Gasteiger partial charge >= 0.3 is 11.9 Å². The third-order valence-corrected chi connectivity index (χ3v) is 5.05. The Hall–Kier alpha value is -4.99. The van der Waals surface area contributed by atoms with Gasteiger partial charge in [0.1, 0.15) is 22.8 Å². The van der Waals surface area contributed by atoms with E-state index in [-0.39, 0.29) is 22.6 Å². The second kappa shape index (κ2) is 9.87. The van der Waals surface area contributed by atoms with E-state index in [2.05, 4.69) is 5.10 Å². The maximum atomic E-state index is 12.8. The molecule has 0 radical (unpaired) electrons. The molecule has 3 aromatic carbocycles. The van der Waals surface area contributed by atoms with E-state index in [1.807, 2.05) is 6.07 Å². The topological polar surface area (TPSA) is 123 Å².